The first-order valence-corrected chi connectivity index (χ1v) is 7.22. The molecular weight excluding hydrogens is 218 g/mol. The van der Waals surface area contributed by atoms with E-state index in [1.165, 1.54) is 30.8 Å². The van der Waals surface area contributed by atoms with Crippen LogP contribution in [0.4, 0.5) is 5.69 Å². The van der Waals surface area contributed by atoms with Gasteiger partial charge in [0.2, 0.25) is 0 Å². The van der Waals surface area contributed by atoms with E-state index in [9.17, 15) is 0 Å². The standard InChI is InChI=1S/C17H27N/c1-13-10-14(2)12-18(11-13)16-9-7-6-8-15(16)17(3,4)5/h6-9,13-14H,10-12H2,1-5H3/t13-,14+. The predicted molar refractivity (Wildman–Crippen MR) is 80.3 cm³/mol. The Labute approximate surface area is 112 Å². The van der Waals surface area contributed by atoms with E-state index in [4.69, 9.17) is 0 Å². The summed E-state index contributed by atoms with van der Waals surface area (Å²) >= 11 is 0. The summed E-state index contributed by atoms with van der Waals surface area (Å²) < 4.78 is 0. The average molecular weight is 245 g/mol. The molecule has 0 amide bonds. The van der Waals surface area contributed by atoms with Crippen LogP contribution >= 0.6 is 0 Å². The molecule has 1 saturated heterocycles. The Morgan fingerprint density at radius 2 is 1.56 bits per heavy atom. The molecule has 0 bridgehead atoms. The molecule has 2 rings (SSSR count). The van der Waals surface area contributed by atoms with E-state index < -0.39 is 0 Å². The SMILES string of the molecule is C[C@@H]1C[C@H](C)CN(c2ccccc2C(C)(C)C)C1. The van der Waals surface area contributed by atoms with Gasteiger partial charge in [0, 0.05) is 18.8 Å². The molecule has 1 aromatic carbocycles. The van der Waals surface area contributed by atoms with Crippen molar-refractivity contribution in [1.82, 2.24) is 0 Å². The van der Waals surface area contributed by atoms with Crippen LogP contribution in [0, 0.1) is 11.8 Å². The molecule has 1 fully saturated rings. The van der Waals surface area contributed by atoms with Crippen molar-refractivity contribution in [2.45, 2.75) is 46.5 Å². The first-order valence-electron chi connectivity index (χ1n) is 7.22. The molecule has 1 nitrogen and oxygen atoms in total. The second-order valence-corrected chi connectivity index (χ2v) is 7.12. The van der Waals surface area contributed by atoms with Crippen molar-refractivity contribution in [2.24, 2.45) is 11.8 Å². The third-order valence-electron chi connectivity index (χ3n) is 3.92. The summed E-state index contributed by atoms with van der Waals surface area (Å²) in [6, 6.07) is 8.93. The number of hydrogen-bond donors (Lipinski definition) is 0. The monoisotopic (exact) mass is 245 g/mol. The Kier molecular flexibility index (Phi) is 3.70. The van der Waals surface area contributed by atoms with Crippen LogP contribution in [0.3, 0.4) is 0 Å². The molecule has 1 aliphatic heterocycles. The van der Waals surface area contributed by atoms with Gasteiger partial charge in [-0.05, 0) is 35.3 Å². The van der Waals surface area contributed by atoms with Crippen LogP contribution in [0.25, 0.3) is 0 Å². The number of piperidine rings is 1. The summed E-state index contributed by atoms with van der Waals surface area (Å²) in [5.41, 5.74) is 3.15. The molecule has 0 aliphatic carbocycles. The summed E-state index contributed by atoms with van der Waals surface area (Å²) in [4.78, 5) is 2.60. The molecule has 1 heteroatoms. The van der Waals surface area contributed by atoms with E-state index in [1.54, 1.807) is 0 Å². The molecule has 1 heterocycles. The molecule has 100 valence electrons. The molecule has 1 aromatic rings. The zero-order chi connectivity index (χ0) is 13.3. The third-order valence-corrected chi connectivity index (χ3v) is 3.92. The zero-order valence-electron chi connectivity index (χ0n) is 12.5. The summed E-state index contributed by atoms with van der Waals surface area (Å²) in [7, 11) is 0. The number of rotatable bonds is 1. The predicted octanol–water partition coefficient (Wildman–Crippen LogP) is 4.47. The smallest absolute Gasteiger partial charge is 0.0404 e. The molecule has 0 radical (unpaired) electrons. The largest absolute Gasteiger partial charge is 0.371 e. The number of para-hydroxylation sites is 1. The van der Waals surface area contributed by atoms with Gasteiger partial charge in [-0.2, -0.15) is 0 Å². The van der Waals surface area contributed by atoms with E-state index >= 15 is 0 Å². The second kappa shape index (κ2) is 4.95. The fourth-order valence-corrected chi connectivity index (χ4v) is 3.24. The summed E-state index contributed by atoms with van der Waals surface area (Å²) in [5, 5.41) is 0. The van der Waals surface area contributed by atoms with Crippen LogP contribution in [0.15, 0.2) is 24.3 Å². The van der Waals surface area contributed by atoms with Crippen LogP contribution in [0.5, 0.6) is 0 Å². The summed E-state index contributed by atoms with van der Waals surface area (Å²) in [6.07, 6.45) is 1.37. The lowest BCUT2D eigenvalue weighted by Gasteiger charge is -2.39. The highest BCUT2D eigenvalue weighted by molar-refractivity contribution is 5.56. The van der Waals surface area contributed by atoms with Gasteiger partial charge in [0.25, 0.3) is 0 Å². The van der Waals surface area contributed by atoms with E-state index in [2.05, 4.69) is 63.8 Å². The fraction of sp³-hybridized carbons (Fsp3) is 0.647. The minimum absolute atomic E-state index is 0.223. The normalized spacial score (nSPS) is 25.3. The second-order valence-electron chi connectivity index (χ2n) is 7.12. The van der Waals surface area contributed by atoms with Crippen molar-refractivity contribution in [3.8, 4) is 0 Å². The molecule has 0 N–H and O–H groups in total. The van der Waals surface area contributed by atoms with E-state index in [-0.39, 0.29) is 5.41 Å². The van der Waals surface area contributed by atoms with Crippen molar-refractivity contribution in [2.75, 3.05) is 18.0 Å². The maximum atomic E-state index is 2.60. The van der Waals surface area contributed by atoms with Crippen LogP contribution in [-0.4, -0.2) is 13.1 Å². The highest BCUT2D eigenvalue weighted by atomic mass is 15.1. The first-order chi connectivity index (χ1) is 8.38. The average Bonchev–Trinajstić information content (AvgIpc) is 2.26. The number of nitrogens with zero attached hydrogens (tertiary/aromatic N) is 1. The highest BCUT2D eigenvalue weighted by Crippen LogP contribution is 2.34. The van der Waals surface area contributed by atoms with Crippen molar-refractivity contribution >= 4 is 5.69 Å². The van der Waals surface area contributed by atoms with Crippen molar-refractivity contribution in [1.29, 1.82) is 0 Å². The molecule has 18 heavy (non-hydrogen) atoms. The van der Waals surface area contributed by atoms with Crippen LogP contribution in [-0.2, 0) is 5.41 Å². The lowest BCUT2D eigenvalue weighted by atomic mass is 9.84. The van der Waals surface area contributed by atoms with Gasteiger partial charge in [0.1, 0.15) is 0 Å². The van der Waals surface area contributed by atoms with Gasteiger partial charge in [0.15, 0.2) is 0 Å². The number of anilines is 1. The summed E-state index contributed by atoms with van der Waals surface area (Å²) in [6.45, 7) is 14.1. The molecular formula is C17H27N. The maximum absolute atomic E-state index is 2.60. The molecule has 2 atom stereocenters. The Morgan fingerprint density at radius 3 is 2.11 bits per heavy atom. The third kappa shape index (κ3) is 2.88. The Morgan fingerprint density at radius 1 is 1.00 bits per heavy atom. The van der Waals surface area contributed by atoms with Crippen molar-refractivity contribution in [3.63, 3.8) is 0 Å². The van der Waals surface area contributed by atoms with E-state index in [0.29, 0.717) is 0 Å². The lowest BCUT2D eigenvalue weighted by Crippen LogP contribution is -2.39. The zero-order valence-corrected chi connectivity index (χ0v) is 12.5. The van der Waals surface area contributed by atoms with E-state index in [1.807, 2.05) is 0 Å². The molecule has 0 aromatic heterocycles. The van der Waals surface area contributed by atoms with Crippen LogP contribution in [0.1, 0.15) is 46.6 Å². The number of hydrogen-bond acceptors (Lipinski definition) is 1. The van der Waals surface area contributed by atoms with Gasteiger partial charge in [-0.25, -0.2) is 0 Å². The first kappa shape index (κ1) is 13.5. The van der Waals surface area contributed by atoms with Gasteiger partial charge in [-0.3, -0.25) is 0 Å². The maximum Gasteiger partial charge on any atom is 0.0404 e. The quantitative estimate of drug-likeness (QED) is 0.706. The van der Waals surface area contributed by atoms with Crippen LogP contribution < -0.4 is 4.90 Å². The number of benzene rings is 1. The Balaban J connectivity index is 2.33. The fourth-order valence-electron chi connectivity index (χ4n) is 3.24. The van der Waals surface area contributed by atoms with E-state index in [0.717, 1.165) is 11.8 Å². The molecule has 1 aliphatic rings. The van der Waals surface area contributed by atoms with Gasteiger partial charge >= 0.3 is 0 Å². The van der Waals surface area contributed by atoms with Gasteiger partial charge in [-0.15, -0.1) is 0 Å². The van der Waals surface area contributed by atoms with Crippen molar-refractivity contribution < 1.29 is 0 Å². The Hall–Kier alpha value is -0.980. The molecule has 0 unspecified atom stereocenters. The van der Waals surface area contributed by atoms with Crippen LogP contribution in [0.2, 0.25) is 0 Å². The minimum atomic E-state index is 0.223. The molecule has 0 spiro atoms. The minimum Gasteiger partial charge on any atom is -0.371 e. The lowest BCUT2D eigenvalue weighted by molar-refractivity contribution is 0.355. The topological polar surface area (TPSA) is 3.24 Å². The Bertz CT molecular complexity index is 392. The highest BCUT2D eigenvalue weighted by Gasteiger charge is 2.26. The van der Waals surface area contributed by atoms with Crippen molar-refractivity contribution in [3.05, 3.63) is 29.8 Å². The summed E-state index contributed by atoms with van der Waals surface area (Å²) in [5.74, 6) is 1.61. The molecule has 0 saturated carbocycles. The van der Waals surface area contributed by atoms with Gasteiger partial charge in [-0.1, -0.05) is 52.8 Å². The van der Waals surface area contributed by atoms with Gasteiger partial charge < -0.3 is 4.90 Å². The van der Waals surface area contributed by atoms with Gasteiger partial charge in [0.05, 0.1) is 0 Å².